The summed E-state index contributed by atoms with van der Waals surface area (Å²) < 4.78 is 15.1. The number of anilines is 2. The Morgan fingerprint density at radius 1 is 1.11 bits per heavy atom. The molecule has 1 aliphatic heterocycles. The van der Waals surface area contributed by atoms with Gasteiger partial charge in [-0.05, 0) is 42.2 Å². The van der Waals surface area contributed by atoms with E-state index in [1.54, 1.807) is 14.2 Å². The normalized spacial score (nSPS) is 16.1. The average molecular weight is 379 g/mol. The minimum Gasteiger partial charge on any atom is -0.383 e. The van der Waals surface area contributed by atoms with Gasteiger partial charge in [0.2, 0.25) is 11.3 Å². The molecule has 1 N–H and O–H groups in total. The van der Waals surface area contributed by atoms with Crippen LogP contribution in [-0.2, 0) is 9.47 Å². The van der Waals surface area contributed by atoms with Crippen molar-refractivity contribution in [1.29, 1.82) is 0 Å². The molecule has 0 bridgehead atoms. The highest BCUT2D eigenvalue weighted by Crippen LogP contribution is 2.26. The van der Waals surface area contributed by atoms with Crippen LogP contribution in [0.4, 0.5) is 11.6 Å². The second kappa shape index (κ2) is 9.77. The van der Waals surface area contributed by atoms with E-state index in [9.17, 15) is 0 Å². The fourth-order valence-corrected chi connectivity index (χ4v) is 3.37. The molecule has 150 valence electrons. The number of fused-ring (bicyclic) bond motifs is 1. The maximum Gasteiger partial charge on any atom is 0.245 e. The van der Waals surface area contributed by atoms with E-state index in [-0.39, 0.29) is 0 Å². The Bertz CT molecular complexity index is 703. The van der Waals surface area contributed by atoms with E-state index in [1.165, 1.54) is 12.8 Å². The van der Waals surface area contributed by atoms with E-state index in [2.05, 4.69) is 35.4 Å². The van der Waals surface area contributed by atoms with Crippen LogP contribution < -0.4 is 10.2 Å². The first-order valence-electron chi connectivity index (χ1n) is 9.36. The van der Waals surface area contributed by atoms with Gasteiger partial charge in [-0.25, -0.2) is 14.6 Å². The molecule has 10 nitrogen and oxygen atoms in total. The lowest BCUT2D eigenvalue weighted by molar-refractivity contribution is 0.121. The van der Waals surface area contributed by atoms with Crippen LogP contribution in [-0.4, -0.2) is 92.4 Å². The summed E-state index contributed by atoms with van der Waals surface area (Å²) in [6.07, 6.45) is 2.34. The van der Waals surface area contributed by atoms with Gasteiger partial charge in [-0.2, -0.15) is 0 Å². The molecule has 0 aliphatic carbocycles. The van der Waals surface area contributed by atoms with Gasteiger partial charge in [-0.15, -0.1) is 0 Å². The zero-order valence-electron chi connectivity index (χ0n) is 16.3. The van der Waals surface area contributed by atoms with Crippen LogP contribution in [0.2, 0.25) is 0 Å². The predicted molar refractivity (Wildman–Crippen MR) is 102 cm³/mol. The van der Waals surface area contributed by atoms with E-state index < -0.39 is 0 Å². The Hall–Kier alpha value is -2.04. The number of nitrogens with zero attached hydrogens (tertiary/aromatic N) is 6. The largest absolute Gasteiger partial charge is 0.383 e. The summed E-state index contributed by atoms with van der Waals surface area (Å²) in [6, 6.07) is 0. The van der Waals surface area contributed by atoms with Crippen LogP contribution in [0.1, 0.15) is 12.8 Å². The fraction of sp³-hybridized carbons (Fsp3) is 0.765. The summed E-state index contributed by atoms with van der Waals surface area (Å²) in [5.74, 6) is 2.06. The molecule has 0 spiro atoms. The van der Waals surface area contributed by atoms with Gasteiger partial charge in [0.1, 0.15) is 0 Å². The predicted octanol–water partition coefficient (Wildman–Crippen LogP) is 0.866. The summed E-state index contributed by atoms with van der Waals surface area (Å²) in [5, 5.41) is 10.9. The summed E-state index contributed by atoms with van der Waals surface area (Å²) in [4.78, 5) is 13.7. The number of hydrogen-bond donors (Lipinski definition) is 1. The van der Waals surface area contributed by atoms with Gasteiger partial charge < -0.3 is 24.6 Å². The molecule has 27 heavy (non-hydrogen) atoms. The minimum absolute atomic E-state index is 0.401. The van der Waals surface area contributed by atoms with Crippen molar-refractivity contribution >= 4 is 22.9 Å². The Morgan fingerprint density at radius 2 is 1.81 bits per heavy atom. The van der Waals surface area contributed by atoms with Crippen LogP contribution in [0, 0.1) is 5.92 Å². The van der Waals surface area contributed by atoms with Crippen molar-refractivity contribution in [2.24, 2.45) is 5.92 Å². The number of likely N-dealkylation sites (tertiary alicyclic amines) is 1. The molecule has 0 unspecified atom stereocenters. The molecular formula is C17H29N7O3. The van der Waals surface area contributed by atoms with Crippen LogP contribution in [0.3, 0.4) is 0 Å². The topological polar surface area (TPSA) is 102 Å². The first-order chi connectivity index (χ1) is 13.2. The van der Waals surface area contributed by atoms with Gasteiger partial charge in [0.05, 0.1) is 13.2 Å². The monoisotopic (exact) mass is 379 g/mol. The van der Waals surface area contributed by atoms with Crippen LogP contribution >= 0.6 is 0 Å². The van der Waals surface area contributed by atoms with Crippen molar-refractivity contribution in [1.82, 2.24) is 25.2 Å². The lowest BCUT2D eigenvalue weighted by Crippen LogP contribution is -2.39. The van der Waals surface area contributed by atoms with E-state index >= 15 is 0 Å². The summed E-state index contributed by atoms with van der Waals surface area (Å²) >= 11 is 0. The molecule has 0 atom stereocenters. The third-order valence-corrected chi connectivity index (χ3v) is 4.91. The Labute approximate surface area is 159 Å². The Morgan fingerprint density at radius 3 is 2.52 bits per heavy atom. The summed E-state index contributed by atoms with van der Waals surface area (Å²) in [6.45, 7) is 6.16. The minimum atomic E-state index is 0.401. The first kappa shape index (κ1) is 19.7. The quantitative estimate of drug-likeness (QED) is 0.598. The number of nitrogens with one attached hydrogen (secondary N) is 1. The maximum atomic E-state index is 5.18. The van der Waals surface area contributed by atoms with Gasteiger partial charge in [0.25, 0.3) is 0 Å². The molecule has 0 radical (unpaired) electrons. The number of hydrogen-bond acceptors (Lipinski definition) is 10. The smallest absolute Gasteiger partial charge is 0.245 e. The molecule has 3 heterocycles. The molecular weight excluding hydrogens is 350 g/mol. The highest BCUT2D eigenvalue weighted by Gasteiger charge is 2.23. The number of piperidine rings is 1. The summed E-state index contributed by atoms with van der Waals surface area (Å²) in [5.41, 5.74) is 0.821. The van der Waals surface area contributed by atoms with Gasteiger partial charge in [0.15, 0.2) is 11.6 Å². The van der Waals surface area contributed by atoms with Gasteiger partial charge in [0, 0.05) is 40.9 Å². The molecule has 1 aliphatic rings. The second-order valence-corrected chi connectivity index (χ2v) is 6.89. The molecule has 3 rings (SSSR count). The number of ether oxygens (including phenoxy) is 2. The van der Waals surface area contributed by atoms with Crippen LogP contribution in [0.15, 0.2) is 4.63 Å². The Kier molecular flexibility index (Phi) is 7.13. The SMILES string of the molecule is COCCNc1nc2nonc2nc1N(C)CC1CCN(CCOC)CC1. The van der Waals surface area contributed by atoms with E-state index in [4.69, 9.17) is 14.1 Å². The van der Waals surface area contributed by atoms with Gasteiger partial charge in [-0.1, -0.05) is 0 Å². The maximum absolute atomic E-state index is 5.18. The molecule has 0 saturated carbocycles. The molecule has 0 aromatic carbocycles. The van der Waals surface area contributed by atoms with Crippen molar-refractivity contribution in [2.75, 3.05) is 77.4 Å². The van der Waals surface area contributed by atoms with Crippen molar-refractivity contribution in [2.45, 2.75) is 12.8 Å². The molecule has 2 aromatic heterocycles. The third-order valence-electron chi connectivity index (χ3n) is 4.91. The lowest BCUT2D eigenvalue weighted by Gasteiger charge is -2.34. The van der Waals surface area contributed by atoms with E-state index in [0.717, 1.165) is 38.6 Å². The van der Waals surface area contributed by atoms with Gasteiger partial charge >= 0.3 is 0 Å². The Balaban J connectivity index is 1.63. The second-order valence-electron chi connectivity index (χ2n) is 6.89. The van der Waals surface area contributed by atoms with Crippen molar-refractivity contribution < 1.29 is 14.1 Å². The summed E-state index contributed by atoms with van der Waals surface area (Å²) in [7, 11) is 5.47. The zero-order valence-corrected chi connectivity index (χ0v) is 16.3. The standard InChI is InChI=1S/C17H29N7O3/c1-23(12-13-4-7-24(8-5-13)9-11-26-3)17-16(18-6-10-25-2)19-14-15(20-17)22-27-21-14/h13H,4-12H2,1-3H3,(H,18,19,21). The van der Waals surface area contributed by atoms with Crippen molar-refractivity contribution in [3.63, 3.8) is 0 Å². The molecule has 2 aromatic rings. The zero-order chi connectivity index (χ0) is 19.1. The highest BCUT2D eigenvalue weighted by molar-refractivity contribution is 5.73. The average Bonchev–Trinajstić information content (AvgIpc) is 3.14. The highest BCUT2D eigenvalue weighted by atomic mass is 16.6. The van der Waals surface area contributed by atoms with Crippen molar-refractivity contribution in [3.8, 4) is 0 Å². The number of aromatic nitrogens is 4. The first-order valence-corrected chi connectivity index (χ1v) is 9.36. The van der Waals surface area contributed by atoms with E-state index in [1.807, 2.05) is 7.05 Å². The third kappa shape index (κ3) is 5.24. The van der Waals surface area contributed by atoms with Crippen LogP contribution in [0.25, 0.3) is 11.3 Å². The van der Waals surface area contributed by atoms with E-state index in [0.29, 0.717) is 36.2 Å². The molecule has 0 amide bonds. The van der Waals surface area contributed by atoms with Gasteiger partial charge in [-0.3, -0.25) is 0 Å². The number of methoxy groups -OCH3 is 2. The van der Waals surface area contributed by atoms with Crippen molar-refractivity contribution in [3.05, 3.63) is 0 Å². The van der Waals surface area contributed by atoms with Crippen LogP contribution in [0.5, 0.6) is 0 Å². The fourth-order valence-electron chi connectivity index (χ4n) is 3.37. The molecule has 1 fully saturated rings. The lowest BCUT2D eigenvalue weighted by atomic mass is 9.96. The molecule has 1 saturated heterocycles. The molecule has 10 heteroatoms. The number of rotatable bonds is 10.